The summed E-state index contributed by atoms with van der Waals surface area (Å²) in [6.07, 6.45) is 3.86. The molecule has 1 fully saturated rings. The largest absolute Gasteiger partial charge is 0.341 e. The van der Waals surface area contributed by atoms with Crippen LogP contribution in [0.2, 0.25) is 0 Å². The first kappa shape index (κ1) is 16.6. The van der Waals surface area contributed by atoms with E-state index in [2.05, 4.69) is 4.98 Å². The van der Waals surface area contributed by atoms with Crippen LogP contribution in [0.3, 0.4) is 0 Å². The van der Waals surface area contributed by atoms with Gasteiger partial charge in [0.1, 0.15) is 5.82 Å². The fourth-order valence-electron chi connectivity index (χ4n) is 2.81. The second-order valence-corrected chi connectivity index (χ2v) is 8.01. The number of hydrogen-bond acceptors (Lipinski definition) is 4. The third-order valence-corrected chi connectivity index (χ3v) is 6.38. The van der Waals surface area contributed by atoms with Crippen LogP contribution in [-0.4, -0.2) is 42.5 Å². The number of aromatic nitrogens is 1. The molecule has 0 N–H and O–H groups in total. The normalized spacial score (nSPS) is 17.9. The van der Waals surface area contributed by atoms with E-state index < -0.39 is 20.9 Å². The van der Waals surface area contributed by atoms with Crippen LogP contribution in [0.5, 0.6) is 0 Å². The van der Waals surface area contributed by atoms with Gasteiger partial charge in [0.15, 0.2) is 9.84 Å². The third kappa shape index (κ3) is 3.46. The highest BCUT2D eigenvalue weighted by molar-refractivity contribution is 7.92. The van der Waals surface area contributed by atoms with Gasteiger partial charge in [-0.15, -0.1) is 0 Å². The van der Waals surface area contributed by atoms with Crippen LogP contribution in [0.4, 0.5) is 4.39 Å². The zero-order valence-corrected chi connectivity index (χ0v) is 13.7. The van der Waals surface area contributed by atoms with Crippen molar-refractivity contribution in [2.45, 2.75) is 23.0 Å². The molecule has 1 aromatic heterocycles. The number of hydrogen-bond donors (Lipinski definition) is 0. The van der Waals surface area contributed by atoms with Crippen molar-refractivity contribution >= 4 is 15.7 Å². The number of sulfone groups is 1. The van der Waals surface area contributed by atoms with Gasteiger partial charge in [0.05, 0.1) is 16.6 Å². The number of nitrogens with zero attached hydrogens (tertiary/aromatic N) is 2. The first-order valence-corrected chi connectivity index (χ1v) is 9.17. The summed E-state index contributed by atoms with van der Waals surface area (Å²) in [7, 11) is -3.57. The van der Waals surface area contributed by atoms with Gasteiger partial charge in [-0.25, -0.2) is 12.8 Å². The van der Waals surface area contributed by atoms with Gasteiger partial charge in [-0.1, -0.05) is 0 Å². The van der Waals surface area contributed by atoms with E-state index in [0.717, 1.165) is 17.7 Å². The van der Waals surface area contributed by atoms with E-state index in [0.29, 0.717) is 13.0 Å². The molecule has 1 saturated heterocycles. The van der Waals surface area contributed by atoms with E-state index in [1.54, 1.807) is 29.4 Å². The van der Waals surface area contributed by atoms with E-state index >= 15 is 0 Å². The zero-order valence-electron chi connectivity index (χ0n) is 12.9. The number of amides is 1. The van der Waals surface area contributed by atoms with E-state index in [9.17, 15) is 17.6 Å². The monoisotopic (exact) mass is 348 g/mol. The van der Waals surface area contributed by atoms with Crippen molar-refractivity contribution in [2.75, 3.05) is 13.1 Å². The SMILES string of the molecule is O=C(Cc1ccncc1)N1CCC(S(=O)(=O)c2ccc(F)cc2)C1. The number of carbonyl (C=O) groups excluding carboxylic acids is 1. The molecule has 126 valence electrons. The van der Waals surface area contributed by atoms with E-state index in [1.165, 1.54) is 12.1 Å². The standard InChI is InChI=1S/C17H17FN2O3S/c18-14-1-3-15(4-2-14)24(22,23)16-7-10-20(12-16)17(21)11-13-5-8-19-9-6-13/h1-6,8-9,16H,7,10-12H2. The predicted octanol–water partition coefficient (Wildman–Crippen LogP) is 1.84. The smallest absolute Gasteiger partial charge is 0.227 e. The fraction of sp³-hybridized carbons (Fsp3) is 0.294. The highest BCUT2D eigenvalue weighted by atomic mass is 32.2. The molecule has 1 aliphatic rings. The Morgan fingerprint density at radius 3 is 2.50 bits per heavy atom. The number of halogens is 1. The summed E-state index contributed by atoms with van der Waals surface area (Å²) >= 11 is 0. The molecule has 0 aliphatic carbocycles. The molecule has 1 aliphatic heterocycles. The van der Waals surface area contributed by atoms with Gasteiger partial charge in [-0.2, -0.15) is 0 Å². The molecule has 3 rings (SSSR count). The van der Waals surface area contributed by atoms with Crippen molar-refractivity contribution in [2.24, 2.45) is 0 Å². The first-order chi connectivity index (χ1) is 11.5. The number of pyridine rings is 1. The van der Waals surface area contributed by atoms with Crippen molar-refractivity contribution in [3.8, 4) is 0 Å². The Hall–Kier alpha value is -2.28. The summed E-state index contributed by atoms with van der Waals surface area (Å²) in [5, 5.41) is -0.649. The number of benzene rings is 1. The molecule has 0 spiro atoms. The van der Waals surface area contributed by atoms with Crippen LogP contribution in [0.15, 0.2) is 53.7 Å². The van der Waals surface area contributed by atoms with Crippen molar-refractivity contribution in [3.05, 3.63) is 60.2 Å². The Kier molecular flexibility index (Phi) is 4.62. The van der Waals surface area contributed by atoms with Gasteiger partial charge in [-0.3, -0.25) is 9.78 Å². The summed E-state index contributed by atoms with van der Waals surface area (Å²) in [6.45, 7) is 0.582. The molecule has 5 nitrogen and oxygen atoms in total. The Morgan fingerprint density at radius 1 is 1.17 bits per heavy atom. The lowest BCUT2D eigenvalue weighted by molar-refractivity contribution is -0.129. The van der Waals surface area contributed by atoms with Crippen molar-refractivity contribution in [3.63, 3.8) is 0 Å². The highest BCUT2D eigenvalue weighted by Crippen LogP contribution is 2.24. The first-order valence-electron chi connectivity index (χ1n) is 7.63. The van der Waals surface area contributed by atoms with Gasteiger partial charge in [0.2, 0.25) is 5.91 Å². The van der Waals surface area contributed by atoms with Crippen LogP contribution < -0.4 is 0 Å². The molecule has 0 saturated carbocycles. The minimum atomic E-state index is -3.57. The molecule has 0 radical (unpaired) electrons. The lowest BCUT2D eigenvalue weighted by atomic mass is 10.2. The zero-order chi connectivity index (χ0) is 17.2. The summed E-state index contributed by atoms with van der Waals surface area (Å²) in [5.41, 5.74) is 0.847. The second-order valence-electron chi connectivity index (χ2n) is 5.78. The Bertz CT molecular complexity index is 823. The molecule has 24 heavy (non-hydrogen) atoms. The molecule has 1 aromatic carbocycles. The second kappa shape index (κ2) is 6.68. The molecule has 2 heterocycles. The third-order valence-electron chi connectivity index (χ3n) is 4.18. The predicted molar refractivity (Wildman–Crippen MR) is 86.5 cm³/mol. The fourth-order valence-corrected chi connectivity index (χ4v) is 4.50. The quantitative estimate of drug-likeness (QED) is 0.791. The minimum Gasteiger partial charge on any atom is -0.341 e. The summed E-state index contributed by atoms with van der Waals surface area (Å²) < 4.78 is 38.2. The van der Waals surface area contributed by atoms with Gasteiger partial charge in [-0.05, 0) is 48.4 Å². The van der Waals surface area contributed by atoms with Gasteiger partial charge in [0, 0.05) is 25.5 Å². The molecule has 0 bridgehead atoms. The highest BCUT2D eigenvalue weighted by Gasteiger charge is 2.35. The molecule has 1 unspecified atom stereocenters. The van der Waals surface area contributed by atoms with Crippen LogP contribution in [0, 0.1) is 5.82 Å². The molecule has 7 heteroatoms. The van der Waals surface area contributed by atoms with Gasteiger partial charge in [0.25, 0.3) is 0 Å². The van der Waals surface area contributed by atoms with Crippen LogP contribution in [-0.2, 0) is 21.1 Å². The van der Waals surface area contributed by atoms with Crippen molar-refractivity contribution < 1.29 is 17.6 Å². The van der Waals surface area contributed by atoms with Crippen molar-refractivity contribution in [1.29, 1.82) is 0 Å². The lowest BCUT2D eigenvalue weighted by Crippen LogP contribution is -2.33. The Labute approximate surface area is 140 Å². The van der Waals surface area contributed by atoms with Crippen LogP contribution >= 0.6 is 0 Å². The lowest BCUT2D eigenvalue weighted by Gasteiger charge is -2.17. The van der Waals surface area contributed by atoms with E-state index in [1.807, 2.05) is 0 Å². The molecule has 1 atom stereocenters. The summed E-state index contributed by atoms with van der Waals surface area (Å²) in [4.78, 5) is 17.9. The maximum absolute atomic E-state index is 13.0. The number of likely N-dealkylation sites (tertiary alicyclic amines) is 1. The van der Waals surface area contributed by atoms with Crippen LogP contribution in [0.25, 0.3) is 0 Å². The molecule has 1 amide bonds. The maximum Gasteiger partial charge on any atom is 0.227 e. The Balaban J connectivity index is 1.68. The Morgan fingerprint density at radius 2 is 1.83 bits per heavy atom. The molecular formula is C17H17FN2O3S. The number of rotatable bonds is 4. The average molecular weight is 348 g/mol. The van der Waals surface area contributed by atoms with Crippen molar-refractivity contribution in [1.82, 2.24) is 9.88 Å². The topological polar surface area (TPSA) is 67.3 Å². The van der Waals surface area contributed by atoms with E-state index in [4.69, 9.17) is 0 Å². The molecule has 2 aromatic rings. The van der Waals surface area contributed by atoms with E-state index in [-0.39, 0.29) is 23.8 Å². The molecular weight excluding hydrogens is 331 g/mol. The van der Waals surface area contributed by atoms with Gasteiger partial charge < -0.3 is 4.90 Å². The minimum absolute atomic E-state index is 0.0948. The average Bonchev–Trinajstić information content (AvgIpc) is 3.07. The summed E-state index contributed by atoms with van der Waals surface area (Å²) in [5.74, 6) is -0.576. The maximum atomic E-state index is 13.0. The summed E-state index contributed by atoms with van der Waals surface area (Å²) in [6, 6.07) is 8.34. The van der Waals surface area contributed by atoms with Crippen LogP contribution in [0.1, 0.15) is 12.0 Å². The van der Waals surface area contributed by atoms with Gasteiger partial charge >= 0.3 is 0 Å². The number of carbonyl (C=O) groups is 1.